The average molecular weight is 537 g/mol. The predicted molar refractivity (Wildman–Crippen MR) is 147 cm³/mol. The molecule has 0 amide bonds. The monoisotopic (exact) mass is 536 g/mol. The zero-order valence-electron chi connectivity index (χ0n) is 22.3. The number of hydrogen-bond donors (Lipinski definition) is 0. The third-order valence-corrected chi connectivity index (χ3v) is 6.88. The summed E-state index contributed by atoms with van der Waals surface area (Å²) in [5.74, 6) is 1.35. The molecule has 8 nitrogen and oxygen atoms in total. The van der Waals surface area contributed by atoms with E-state index in [0.29, 0.717) is 63.2 Å². The van der Waals surface area contributed by atoms with Gasteiger partial charge in [0.05, 0.1) is 42.2 Å². The minimum atomic E-state index is -0.741. The van der Waals surface area contributed by atoms with Crippen LogP contribution in [0, 0.1) is 0 Å². The molecule has 2 heterocycles. The Balaban J connectivity index is 1.92. The van der Waals surface area contributed by atoms with E-state index in [4.69, 9.17) is 18.9 Å². The third-order valence-electron chi connectivity index (χ3n) is 5.90. The Hall–Kier alpha value is -3.85. The first-order valence-corrected chi connectivity index (χ1v) is 13.6. The summed E-state index contributed by atoms with van der Waals surface area (Å²) >= 11 is 1.27. The van der Waals surface area contributed by atoms with Gasteiger partial charge in [-0.1, -0.05) is 35.6 Å². The van der Waals surface area contributed by atoms with Gasteiger partial charge in [-0.25, -0.2) is 9.79 Å². The Morgan fingerprint density at radius 1 is 0.947 bits per heavy atom. The lowest BCUT2D eigenvalue weighted by Crippen LogP contribution is -2.40. The molecule has 0 fully saturated rings. The van der Waals surface area contributed by atoms with Gasteiger partial charge in [-0.3, -0.25) is 9.36 Å². The van der Waals surface area contributed by atoms with Gasteiger partial charge in [0.2, 0.25) is 0 Å². The molecule has 0 spiro atoms. The number of esters is 1. The summed E-state index contributed by atoms with van der Waals surface area (Å²) in [6.45, 7) is 10.9. The number of aromatic nitrogens is 1. The molecule has 200 valence electrons. The number of para-hydroxylation sites is 1. The highest BCUT2D eigenvalue weighted by Gasteiger charge is 2.35. The molecule has 0 radical (unpaired) electrons. The van der Waals surface area contributed by atoms with Crippen LogP contribution < -0.4 is 29.1 Å². The van der Waals surface area contributed by atoms with Gasteiger partial charge < -0.3 is 18.9 Å². The fraction of sp³-hybridized carbons (Fsp3) is 0.345. The predicted octanol–water partition coefficient (Wildman–Crippen LogP) is 3.99. The fourth-order valence-corrected chi connectivity index (χ4v) is 5.43. The maximum atomic E-state index is 13.9. The maximum Gasteiger partial charge on any atom is 0.338 e. The smallest absolute Gasteiger partial charge is 0.338 e. The molecule has 0 unspecified atom stereocenters. The van der Waals surface area contributed by atoms with Crippen molar-refractivity contribution in [3.05, 3.63) is 84.5 Å². The first kappa shape index (κ1) is 27.2. The summed E-state index contributed by atoms with van der Waals surface area (Å²) < 4.78 is 24.7. The standard InChI is InChI=1S/C29H32N2O6S/c1-6-34-21-13-11-10-12-20(21)26-25(28(33)37-9-4)18(5)30-29-31(26)27(32)24(38-29)17-19-14-15-22(35-7-2)23(16-19)36-8-3/h10-17,26H,6-9H2,1-5H3/b24-17-/t26-/m0/s1. The normalized spacial score (nSPS) is 15.1. The first-order chi connectivity index (χ1) is 18.4. The van der Waals surface area contributed by atoms with Gasteiger partial charge in [0.1, 0.15) is 11.8 Å². The minimum Gasteiger partial charge on any atom is -0.494 e. The Bertz CT molecular complexity index is 1540. The lowest BCUT2D eigenvalue weighted by molar-refractivity contribution is -0.139. The molecular weight excluding hydrogens is 504 g/mol. The number of carbonyl (C=O) groups is 1. The van der Waals surface area contributed by atoms with Crippen molar-refractivity contribution in [2.45, 2.75) is 40.7 Å². The van der Waals surface area contributed by atoms with Crippen molar-refractivity contribution in [1.29, 1.82) is 0 Å². The summed E-state index contributed by atoms with van der Waals surface area (Å²) in [5, 5.41) is 0. The van der Waals surface area contributed by atoms with Crippen LogP contribution in [0.4, 0.5) is 0 Å². The summed E-state index contributed by atoms with van der Waals surface area (Å²) in [5.41, 5.74) is 2.05. The Labute approximate surface area is 225 Å². The van der Waals surface area contributed by atoms with Crippen LogP contribution in [-0.2, 0) is 9.53 Å². The highest BCUT2D eigenvalue weighted by molar-refractivity contribution is 7.07. The number of thiazole rings is 1. The molecule has 0 saturated heterocycles. The molecule has 0 aliphatic carbocycles. The molecule has 0 bridgehead atoms. The van der Waals surface area contributed by atoms with Crippen molar-refractivity contribution >= 4 is 23.4 Å². The SMILES string of the molecule is CCOC(=O)C1=C(C)N=c2s/c(=C\c3ccc(OCC)c(OCC)c3)c(=O)n2[C@H]1c1ccccc1OCC. The van der Waals surface area contributed by atoms with E-state index >= 15 is 0 Å². The van der Waals surface area contributed by atoms with E-state index in [1.54, 1.807) is 24.5 Å². The van der Waals surface area contributed by atoms with Crippen molar-refractivity contribution in [3.8, 4) is 17.2 Å². The molecule has 1 atom stereocenters. The summed E-state index contributed by atoms with van der Waals surface area (Å²) in [7, 11) is 0. The summed E-state index contributed by atoms with van der Waals surface area (Å²) in [6.07, 6.45) is 1.80. The van der Waals surface area contributed by atoms with Gasteiger partial charge in [-0.15, -0.1) is 0 Å². The number of fused-ring (bicyclic) bond motifs is 1. The molecule has 4 rings (SSSR count). The molecule has 0 saturated carbocycles. The minimum absolute atomic E-state index is 0.208. The molecule has 2 aromatic carbocycles. The van der Waals surface area contributed by atoms with Crippen LogP contribution >= 0.6 is 11.3 Å². The molecule has 3 aromatic rings. The van der Waals surface area contributed by atoms with Crippen molar-refractivity contribution < 1.29 is 23.7 Å². The average Bonchev–Trinajstić information content (AvgIpc) is 3.20. The van der Waals surface area contributed by atoms with E-state index in [1.807, 2.05) is 63.2 Å². The van der Waals surface area contributed by atoms with E-state index in [2.05, 4.69) is 4.99 Å². The molecule has 9 heteroatoms. The summed E-state index contributed by atoms with van der Waals surface area (Å²) in [4.78, 5) is 32.2. The van der Waals surface area contributed by atoms with E-state index < -0.39 is 12.0 Å². The number of allylic oxidation sites excluding steroid dienone is 1. The number of hydrogen-bond acceptors (Lipinski definition) is 8. The van der Waals surface area contributed by atoms with Crippen LogP contribution in [0.1, 0.15) is 51.8 Å². The largest absolute Gasteiger partial charge is 0.494 e. The van der Waals surface area contributed by atoms with Crippen molar-refractivity contribution in [2.75, 3.05) is 26.4 Å². The lowest BCUT2D eigenvalue weighted by atomic mass is 9.95. The quantitative estimate of drug-likeness (QED) is 0.364. The van der Waals surface area contributed by atoms with Crippen molar-refractivity contribution in [2.24, 2.45) is 4.99 Å². The van der Waals surface area contributed by atoms with Gasteiger partial charge in [0.25, 0.3) is 5.56 Å². The molecule has 1 aromatic heterocycles. The zero-order valence-corrected chi connectivity index (χ0v) is 23.1. The lowest BCUT2D eigenvalue weighted by Gasteiger charge is -2.26. The molecular formula is C29H32N2O6S. The van der Waals surface area contributed by atoms with Gasteiger partial charge >= 0.3 is 5.97 Å². The van der Waals surface area contributed by atoms with Gasteiger partial charge in [0.15, 0.2) is 16.3 Å². The van der Waals surface area contributed by atoms with Gasteiger partial charge in [-0.2, -0.15) is 0 Å². The van der Waals surface area contributed by atoms with Crippen LogP contribution in [0.2, 0.25) is 0 Å². The highest BCUT2D eigenvalue weighted by atomic mass is 32.1. The molecule has 1 aliphatic heterocycles. The van der Waals surface area contributed by atoms with E-state index in [-0.39, 0.29) is 12.2 Å². The molecule has 0 N–H and O–H groups in total. The van der Waals surface area contributed by atoms with Crippen LogP contribution in [0.3, 0.4) is 0 Å². The van der Waals surface area contributed by atoms with Crippen LogP contribution in [-0.4, -0.2) is 37.0 Å². The fourth-order valence-electron chi connectivity index (χ4n) is 4.39. The van der Waals surface area contributed by atoms with Gasteiger partial charge in [0, 0.05) is 5.56 Å². The van der Waals surface area contributed by atoms with E-state index in [0.717, 1.165) is 5.56 Å². The summed E-state index contributed by atoms with van der Waals surface area (Å²) in [6, 6.07) is 12.2. The number of rotatable bonds is 10. The topological polar surface area (TPSA) is 88.4 Å². The molecule has 1 aliphatic rings. The second-order valence-electron chi connectivity index (χ2n) is 8.35. The number of nitrogens with zero attached hydrogens (tertiary/aromatic N) is 2. The first-order valence-electron chi connectivity index (χ1n) is 12.7. The second kappa shape index (κ2) is 12.1. The molecule has 38 heavy (non-hydrogen) atoms. The number of ether oxygens (including phenoxy) is 4. The third kappa shape index (κ3) is 5.38. The van der Waals surface area contributed by atoms with Crippen LogP contribution in [0.25, 0.3) is 6.08 Å². The maximum absolute atomic E-state index is 13.9. The number of benzene rings is 2. The zero-order chi connectivity index (χ0) is 27.2. The Morgan fingerprint density at radius 3 is 2.34 bits per heavy atom. The second-order valence-corrected chi connectivity index (χ2v) is 9.35. The Morgan fingerprint density at radius 2 is 1.63 bits per heavy atom. The Kier molecular flexibility index (Phi) is 8.68. The highest BCUT2D eigenvalue weighted by Crippen LogP contribution is 2.36. The number of carbonyl (C=O) groups excluding carboxylic acids is 1. The van der Waals surface area contributed by atoms with E-state index in [1.165, 1.54) is 11.3 Å². The van der Waals surface area contributed by atoms with Crippen molar-refractivity contribution in [3.63, 3.8) is 0 Å². The van der Waals surface area contributed by atoms with Crippen LogP contribution in [0.5, 0.6) is 17.2 Å². The van der Waals surface area contributed by atoms with Gasteiger partial charge in [-0.05, 0) is 64.5 Å². The van der Waals surface area contributed by atoms with Crippen molar-refractivity contribution in [1.82, 2.24) is 4.57 Å². The van der Waals surface area contributed by atoms with Crippen LogP contribution in [0.15, 0.2) is 63.5 Å². The van der Waals surface area contributed by atoms with E-state index in [9.17, 15) is 9.59 Å².